The quantitative estimate of drug-likeness (QED) is 0.546. The maximum atomic E-state index is 7.29. The molecule has 0 heterocycles. The average Bonchev–Trinajstić information content (AvgIpc) is 2.14. The summed E-state index contributed by atoms with van der Waals surface area (Å²) in [7, 11) is 0. The van der Waals surface area contributed by atoms with E-state index in [4.69, 9.17) is 6.57 Å². The third-order valence-electron chi connectivity index (χ3n) is 2.79. The van der Waals surface area contributed by atoms with Crippen LogP contribution in [0.5, 0.6) is 0 Å². The second-order valence-corrected chi connectivity index (χ2v) is 6.34. The molecule has 16 heavy (non-hydrogen) atoms. The van der Waals surface area contributed by atoms with Crippen LogP contribution in [0.4, 0.5) is 5.69 Å². The minimum Gasteiger partial charge on any atom is -0.238 e. The Hall–Kier alpha value is -1.29. The van der Waals surface area contributed by atoms with Gasteiger partial charge in [0.25, 0.3) is 0 Å². The molecule has 0 saturated heterocycles. The number of nitrogens with zero attached hydrogens (tertiary/aromatic N) is 1. The highest BCUT2D eigenvalue weighted by Crippen LogP contribution is 2.35. The first kappa shape index (κ1) is 12.8. The van der Waals surface area contributed by atoms with Crippen LogP contribution in [0, 0.1) is 6.57 Å². The fourth-order valence-electron chi connectivity index (χ4n) is 1.72. The summed E-state index contributed by atoms with van der Waals surface area (Å²) in [4.78, 5) is 3.66. The summed E-state index contributed by atoms with van der Waals surface area (Å²) in [5, 5.41) is 0. The van der Waals surface area contributed by atoms with Gasteiger partial charge in [-0.05, 0) is 16.4 Å². The van der Waals surface area contributed by atoms with E-state index in [2.05, 4.69) is 58.5 Å². The van der Waals surface area contributed by atoms with E-state index >= 15 is 0 Å². The fourth-order valence-corrected chi connectivity index (χ4v) is 1.72. The van der Waals surface area contributed by atoms with E-state index in [0.29, 0.717) is 0 Å². The van der Waals surface area contributed by atoms with Crippen molar-refractivity contribution in [2.45, 2.75) is 52.4 Å². The van der Waals surface area contributed by atoms with E-state index < -0.39 is 0 Å². The largest absolute Gasteiger partial charge is 0.238 e. The van der Waals surface area contributed by atoms with Crippen LogP contribution in [0.15, 0.2) is 18.2 Å². The molecule has 0 aliphatic carbocycles. The lowest BCUT2D eigenvalue weighted by Gasteiger charge is -2.24. The van der Waals surface area contributed by atoms with Crippen LogP contribution in [-0.4, -0.2) is 0 Å². The summed E-state index contributed by atoms with van der Waals surface area (Å²) < 4.78 is 0. The molecular formula is C15H21N. The Kier molecular flexibility index (Phi) is 3.15. The summed E-state index contributed by atoms with van der Waals surface area (Å²) >= 11 is 0. The topological polar surface area (TPSA) is 4.36 Å². The molecule has 0 spiro atoms. The van der Waals surface area contributed by atoms with E-state index in [9.17, 15) is 0 Å². The zero-order valence-corrected chi connectivity index (χ0v) is 11.2. The van der Waals surface area contributed by atoms with Gasteiger partial charge in [-0.1, -0.05) is 65.3 Å². The first-order chi connectivity index (χ1) is 7.16. The van der Waals surface area contributed by atoms with Crippen molar-refractivity contribution in [2.75, 3.05) is 0 Å². The molecule has 0 aromatic heterocycles. The Morgan fingerprint density at radius 1 is 0.938 bits per heavy atom. The zero-order chi connectivity index (χ0) is 12.6. The Morgan fingerprint density at radius 3 is 1.88 bits per heavy atom. The predicted octanol–water partition coefficient (Wildman–Crippen LogP) is 4.83. The molecule has 0 atom stereocenters. The van der Waals surface area contributed by atoms with Gasteiger partial charge in [0.2, 0.25) is 0 Å². The molecule has 1 aromatic carbocycles. The van der Waals surface area contributed by atoms with Gasteiger partial charge < -0.3 is 0 Å². The molecule has 0 aliphatic heterocycles. The smallest absolute Gasteiger partial charge is 0.191 e. The van der Waals surface area contributed by atoms with Crippen LogP contribution in [-0.2, 0) is 10.8 Å². The lowest BCUT2D eigenvalue weighted by Crippen LogP contribution is -2.14. The highest BCUT2D eigenvalue weighted by molar-refractivity contribution is 5.57. The maximum absolute atomic E-state index is 7.29. The fraction of sp³-hybridized carbons (Fsp3) is 0.533. The lowest BCUT2D eigenvalue weighted by atomic mass is 9.81. The highest BCUT2D eigenvalue weighted by atomic mass is 14.7. The predicted molar refractivity (Wildman–Crippen MR) is 70.1 cm³/mol. The second-order valence-electron chi connectivity index (χ2n) is 6.34. The highest BCUT2D eigenvalue weighted by Gasteiger charge is 2.21. The van der Waals surface area contributed by atoms with Gasteiger partial charge in [-0.2, -0.15) is 0 Å². The van der Waals surface area contributed by atoms with Crippen LogP contribution < -0.4 is 0 Å². The Balaban J connectivity index is 3.36. The van der Waals surface area contributed by atoms with Crippen LogP contribution in [0.3, 0.4) is 0 Å². The van der Waals surface area contributed by atoms with E-state index in [-0.39, 0.29) is 10.8 Å². The standard InChI is InChI=1S/C15H21N/c1-14(2,3)11-8-9-12(15(4,5)6)13(10-11)16-7/h8-10H,1-6H3. The van der Waals surface area contributed by atoms with Crippen molar-refractivity contribution < 1.29 is 0 Å². The Morgan fingerprint density at radius 2 is 1.50 bits per heavy atom. The minimum atomic E-state index is 0.0380. The molecule has 0 amide bonds. The molecule has 1 rings (SSSR count). The molecule has 0 radical (unpaired) electrons. The van der Waals surface area contributed by atoms with Gasteiger partial charge in [0, 0.05) is 0 Å². The minimum absolute atomic E-state index is 0.0380. The average molecular weight is 215 g/mol. The molecule has 1 heteroatoms. The van der Waals surface area contributed by atoms with Crippen LogP contribution in [0.2, 0.25) is 0 Å². The first-order valence-electron chi connectivity index (χ1n) is 5.69. The van der Waals surface area contributed by atoms with Gasteiger partial charge in [-0.3, -0.25) is 0 Å². The van der Waals surface area contributed by atoms with E-state index in [1.807, 2.05) is 6.07 Å². The van der Waals surface area contributed by atoms with Crippen molar-refractivity contribution in [2.24, 2.45) is 0 Å². The van der Waals surface area contributed by atoms with Gasteiger partial charge in [-0.25, -0.2) is 4.85 Å². The summed E-state index contributed by atoms with van der Waals surface area (Å²) in [6.45, 7) is 20.3. The Labute approximate surface area is 99.3 Å². The van der Waals surface area contributed by atoms with Crippen molar-refractivity contribution in [1.82, 2.24) is 0 Å². The number of hydrogen-bond donors (Lipinski definition) is 0. The third-order valence-corrected chi connectivity index (χ3v) is 2.79. The van der Waals surface area contributed by atoms with Gasteiger partial charge in [-0.15, -0.1) is 0 Å². The lowest BCUT2D eigenvalue weighted by molar-refractivity contribution is 0.579. The molecule has 0 aliphatic rings. The zero-order valence-electron chi connectivity index (χ0n) is 11.2. The van der Waals surface area contributed by atoms with E-state index in [1.165, 1.54) is 5.56 Å². The number of benzene rings is 1. The maximum Gasteiger partial charge on any atom is 0.191 e. The third kappa shape index (κ3) is 2.64. The van der Waals surface area contributed by atoms with Crippen LogP contribution in [0.1, 0.15) is 52.7 Å². The van der Waals surface area contributed by atoms with Crippen molar-refractivity contribution >= 4 is 5.69 Å². The van der Waals surface area contributed by atoms with Gasteiger partial charge in [0.1, 0.15) is 0 Å². The normalized spacial score (nSPS) is 12.3. The summed E-state index contributed by atoms with van der Waals surface area (Å²) in [6.07, 6.45) is 0. The summed E-state index contributed by atoms with van der Waals surface area (Å²) in [5.74, 6) is 0. The first-order valence-corrected chi connectivity index (χ1v) is 5.69. The molecule has 0 N–H and O–H groups in total. The van der Waals surface area contributed by atoms with E-state index in [0.717, 1.165) is 11.3 Å². The molecule has 86 valence electrons. The van der Waals surface area contributed by atoms with Gasteiger partial charge in [0.05, 0.1) is 6.57 Å². The molecule has 1 aromatic rings. The van der Waals surface area contributed by atoms with Crippen LogP contribution in [0.25, 0.3) is 4.85 Å². The molecular weight excluding hydrogens is 194 g/mol. The summed E-state index contributed by atoms with van der Waals surface area (Å²) in [6, 6.07) is 6.29. The second kappa shape index (κ2) is 3.94. The monoisotopic (exact) mass is 215 g/mol. The van der Waals surface area contributed by atoms with Crippen molar-refractivity contribution in [3.05, 3.63) is 40.7 Å². The molecule has 0 fully saturated rings. The summed E-state index contributed by atoms with van der Waals surface area (Å²) in [5.41, 5.74) is 3.30. The van der Waals surface area contributed by atoms with Crippen molar-refractivity contribution in [3.63, 3.8) is 0 Å². The number of rotatable bonds is 0. The van der Waals surface area contributed by atoms with Crippen molar-refractivity contribution in [1.29, 1.82) is 0 Å². The van der Waals surface area contributed by atoms with Crippen molar-refractivity contribution in [3.8, 4) is 0 Å². The molecule has 0 saturated carbocycles. The van der Waals surface area contributed by atoms with Gasteiger partial charge in [0.15, 0.2) is 5.69 Å². The molecule has 0 unspecified atom stereocenters. The SMILES string of the molecule is [C-]#[N+]c1cc(C(C)(C)C)ccc1C(C)(C)C. The molecule has 1 nitrogen and oxygen atoms in total. The molecule has 0 bridgehead atoms. The number of hydrogen-bond acceptors (Lipinski definition) is 0. The Bertz CT molecular complexity index is 422. The van der Waals surface area contributed by atoms with Crippen LogP contribution >= 0.6 is 0 Å². The van der Waals surface area contributed by atoms with E-state index in [1.54, 1.807) is 0 Å². The van der Waals surface area contributed by atoms with Gasteiger partial charge >= 0.3 is 0 Å².